The second-order valence-electron chi connectivity index (χ2n) is 5.97. The molecule has 0 saturated carbocycles. The van der Waals surface area contributed by atoms with Crippen molar-refractivity contribution in [3.63, 3.8) is 0 Å². The van der Waals surface area contributed by atoms with Gasteiger partial charge in [-0.1, -0.05) is 12.1 Å². The molecule has 0 saturated heterocycles. The number of fused-ring (bicyclic) bond motifs is 1. The number of carbonyl (C=O) groups is 2. The predicted octanol–water partition coefficient (Wildman–Crippen LogP) is 3.95. The number of hydrogen-bond acceptors (Lipinski definition) is 2. The lowest BCUT2D eigenvalue weighted by Gasteiger charge is -2.22. The highest BCUT2D eigenvalue weighted by Gasteiger charge is 2.17. The normalized spacial score (nSPS) is 10.8. The van der Waals surface area contributed by atoms with E-state index in [1.165, 1.54) is 12.1 Å². The largest absolute Gasteiger partial charge is 0.337 e. The Bertz CT molecular complexity index is 946. The van der Waals surface area contributed by atoms with Gasteiger partial charge >= 0.3 is 0 Å². The Labute approximate surface area is 145 Å². The zero-order chi connectivity index (χ0) is 18.0. The molecule has 4 nitrogen and oxygen atoms in total. The summed E-state index contributed by atoms with van der Waals surface area (Å²) in [6.45, 7) is 4.51. The Hall–Kier alpha value is -2.95. The summed E-state index contributed by atoms with van der Waals surface area (Å²) < 4.78 is 15.2. The van der Waals surface area contributed by atoms with E-state index in [2.05, 4.69) is 0 Å². The van der Waals surface area contributed by atoms with Gasteiger partial charge in [-0.15, -0.1) is 0 Å². The summed E-state index contributed by atoms with van der Waals surface area (Å²) in [6, 6.07) is 12.0. The Morgan fingerprint density at radius 3 is 2.72 bits per heavy atom. The molecule has 128 valence electrons. The zero-order valence-corrected chi connectivity index (χ0v) is 14.2. The van der Waals surface area contributed by atoms with Crippen molar-refractivity contribution in [2.75, 3.05) is 11.4 Å². The molecule has 0 atom stereocenters. The molecule has 1 aromatic heterocycles. The smallest absolute Gasteiger partial charge is 0.246 e. The van der Waals surface area contributed by atoms with Crippen molar-refractivity contribution in [3.05, 3.63) is 65.6 Å². The number of aromatic nitrogens is 1. The maximum atomic E-state index is 13.5. The van der Waals surface area contributed by atoms with Gasteiger partial charge in [-0.2, -0.15) is 0 Å². The van der Waals surface area contributed by atoms with E-state index in [9.17, 15) is 14.0 Å². The van der Waals surface area contributed by atoms with E-state index >= 15 is 0 Å². The van der Waals surface area contributed by atoms with Crippen LogP contribution in [0.2, 0.25) is 0 Å². The van der Waals surface area contributed by atoms with Crippen LogP contribution in [0, 0.1) is 12.7 Å². The predicted molar refractivity (Wildman–Crippen MR) is 96.5 cm³/mol. The van der Waals surface area contributed by atoms with Gasteiger partial charge in [0.1, 0.15) is 12.4 Å². The summed E-state index contributed by atoms with van der Waals surface area (Å²) in [4.78, 5) is 25.8. The van der Waals surface area contributed by atoms with Gasteiger partial charge in [0.2, 0.25) is 5.91 Å². The molecule has 0 aliphatic carbocycles. The molecule has 3 aromatic rings. The van der Waals surface area contributed by atoms with Gasteiger partial charge in [-0.25, -0.2) is 4.39 Å². The maximum absolute atomic E-state index is 13.5. The van der Waals surface area contributed by atoms with Crippen LogP contribution in [-0.4, -0.2) is 23.3 Å². The van der Waals surface area contributed by atoms with Crippen molar-refractivity contribution in [3.8, 4) is 0 Å². The fourth-order valence-corrected chi connectivity index (χ4v) is 3.05. The molecule has 0 aliphatic rings. The fourth-order valence-electron chi connectivity index (χ4n) is 3.05. The third-order valence-electron chi connectivity index (χ3n) is 4.24. The van der Waals surface area contributed by atoms with E-state index in [1.54, 1.807) is 21.7 Å². The molecule has 0 aliphatic heterocycles. The van der Waals surface area contributed by atoms with E-state index in [0.717, 1.165) is 11.3 Å². The highest BCUT2D eigenvalue weighted by molar-refractivity contribution is 5.99. The Morgan fingerprint density at radius 1 is 1.24 bits per heavy atom. The molecule has 0 radical (unpaired) electrons. The number of hydrogen-bond donors (Lipinski definition) is 0. The molecule has 0 spiro atoms. The van der Waals surface area contributed by atoms with Crippen molar-refractivity contribution in [2.45, 2.75) is 20.4 Å². The summed E-state index contributed by atoms with van der Waals surface area (Å²) in [6.07, 6.45) is 2.28. The molecule has 1 amide bonds. The second kappa shape index (κ2) is 6.89. The first-order valence-electron chi connectivity index (χ1n) is 8.14. The highest BCUT2D eigenvalue weighted by atomic mass is 19.1. The topological polar surface area (TPSA) is 42.3 Å². The van der Waals surface area contributed by atoms with E-state index in [4.69, 9.17) is 0 Å². The molecule has 25 heavy (non-hydrogen) atoms. The fraction of sp³-hybridized carbons (Fsp3) is 0.200. The van der Waals surface area contributed by atoms with E-state index in [1.807, 2.05) is 38.1 Å². The van der Waals surface area contributed by atoms with Crippen LogP contribution < -0.4 is 4.90 Å². The molecule has 0 bridgehead atoms. The van der Waals surface area contributed by atoms with Crippen LogP contribution in [0.3, 0.4) is 0 Å². The number of carbonyl (C=O) groups excluding carboxylic acids is 2. The van der Waals surface area contributed by atoms with Gasteiger partial charge in [0.15, 0.2) is 6.29 Å². The maximum Gasteiger partial charge on any atom is 0.246 e. The average Bonchev–Trinajstić information content (AvgIpc) is 2.92. The highest BCUT2D eigenvalue weighted by Crippen LogP contribution is 2.22. The van der Waals surface area contributed by atoms with Gasteiger partial charge in [0, 0.05) is 34.9 Å². The molecule has 3 rings (SSSR count). The van der Waals surface area contributed by atoms with Gasteiger partial charge < -0.3 is 9.47 Å². The summed E-state index contributed by atoms with van der Waals surface area (Å²) in [5.41, 5.74) is 2.96. The summed E-state index contributed by atoms with van der Waals surface area (Å²) >= 11 is 0. The van der Waals surface area contributed by atoms with Gasteiger partial charge in [0.05, 0.1) is 0 Å². The number of nitrogens with zero attached hydrogens (tertiary/aromatic N) is 2. The van der Waals surface area contributed by atoms with Crippen LogP contribution >= 0.6 is 0 Å². The van der Waals surface area contributed by atoms with Gasteiger partial charge in [0.25, 0.3) is 0 Å². The standard InChI is InChI=1S/C20H19FN2O2/c1-3-23(17-6-4-5-14(2)9-17)20(25)12-22-11-15(13-24)18-10-16(21)7-8-19(18)22/h4-11,13H,3,12H2,1-2H3. The molecular formula is C20H19FN2O2. The number of aldehydes is 1. The van der Waals surface area contributed by atoms with Gasteiger partial charge in [-0.05, 0) is 49.7 Å². The minimum atomic E-state index is -0.408. The first-order valence-corrected chi connectivity index (χ1v) is 8.14. The number of amides is 1. The number of halogens is 1. The van der Waals surface area contributed by atoms with Crippen LogP contribution in [-0.2, 0) is 11.3 Å². The van der Waals surface area contributed by atoms with E-state index in [-0.39, 0.29) is 12.5 Å². The van der Waals surface area contributed by atoms with Crippen molar-refractivity contribution in [2.24, 2.45) is 0 Å². The Balaban J connectivity index is 1.94. The van der Waals surface area contributed by atoms with Crippen molar-refractivity contribution in [1.29, 1.82) is 0 Å². The lowest BCUT2D eigenvalue weighted by molar-refractivity contribution is -0.119. The van der Waals surface area contributed by atoms with Gasteiger partial charge in [-0.3, -0.25) is 9.59 Å². The van der Waals surface area contributed by atoms with Crippen LogP contribution in [0.4, 0.5) is 10.1 Å². The molecular weight excluding hydrogens is 319 g/mol. The molecule has 1 heterocycles. The SMILES string of the molecule is CCN(C(=O)Cn1cc(C=O)c2cc(F)ccc21)c1cccc(C)c1. The van der Waals surface area contributed by atoms with Crippen molar-refractivity contribution in [1.82, 2.24) is 4.57 Å². The minimum absolute atomic E-state index is 0.0811. The quantitative estimate of drug-likeness (QED) is 0.661. The van der Waals surface area contributed by atoms with E-state index < -0.39 is 5.82 Å². The lowest BCUT2D eigenvalue weighted by atomic mass is 10.2. The summed E-state index contributed by atoms with van der Waals surface area (Å²) in [5, 5.41) is 0.515. The molecule has 5 heteroatoms. The number of benzene rings is 2. The summed E-state index contributed by atoms with van der Waals surface area (Å²) in [5.74, 6) is -0.499. The summed E-state index contributed by atoms with van der Waals surface area (Å²) in [7, 11) is 0. The zero-order valence-electron chi connectivity index (χ0n) is 14.2. The van der Waals surface area contributed by atoms with Crippen molar-refractivity contribution < 1.29 is 14.0 Å². The first kappa shape index (κ1) is 16.9. The molecule has 0 N–H and O–H groups in total. The minimum Gasteiger partial charge on any atom is -0.337 e. The average molecular weight is 338 g/mol. The number of rotatable bonds is 5. The molecule has 2 aromatic carbocycles. The van der Waals surface area contributed by atoms with Crippen LogP contribution in [0.25, 0.3) is 10.9 Å². The monoisotopic (exact) mass is 338 g/mol. The number of likely N-dealkylation sites (N-methyl/N-ethyl adjacent to an activating group) is 1. The Morgan fingerprint density at radius 2 is 2.04 bits per heavy atom. The first-order chi connectivity index (χ1) is 12.0. The Kier molecular flexibility index (Phi) is 4.65. The molecule has 0 fully saturated rings. The second-order valence-corrected chi connectivity index (χ2v) is 5.97. The number of aryl methyl sites for hydroxylation is 1. The van der Waals surface area contributed by atoms with Crippen LogP contribution in [0.5, 0.6) is 0 Å². The van der Waals surface area contributed by atoms with Crippen molar-refractivity contribution >= 4 is 28.8 Å². The third kappa shape index (κ3) is 3.31. The van der Waals surface area contributed by atoms with Crippen LogP contribution in [0.1, 0.15) is 22.8 Å². The third-order valence-corrected chi connectivity index (χ3v) is 4.24. The van der Waals surface area contributed by atoms with E-state index in [0.29, 0.717) is 29.3 Å². The number of anilines is 1. The molecule has 0 unspecified atom stereocenters. The lowest BCUT2D eigenvalue weighted by Crippen LogP contribution is -2.33. The van der Waals surface area contributed by atoms with Crippen LogP contribution in [0.15, 0.2) is 48.7 Å².